The Hall–Kier alpha value is -4.45. The zero-order valence-electron chi connectivity index (χ0n) is 15.6. The van der Waals surface area contributed by atoms with Crippen molar-refractivity contribution in [1.29, 1.82) is 5.26 Å². The van der Waals surface area contributed by atoms with Gasteiger partial charge in [-0.25, -0.2) is 4.39 Å². The van der Waals surface area contributed by atoms with E-state index in [-0.39, 0.29) is 28.5 Å². The largest absolute Gasteiger partial charge is 0.496 e. The van der Waals surface area contributed by atoms with Crippen LogP contribution in [-0.4, -0.2) is 17.9 Å². The van der Waals surface area contributed by atoms with Gasteiger partial charge in [0.15, 0.2) is 0 Å². The van der Waals surface area contributed by atoms with Crippen molar-refractivity contribution in [3.05, 3.63) is 81.9 Å². The lowest BCUT2D eigenvalue weighted by Crippen LogP contribution is -2.14. The summed E-state index contributed by atoms with van der Waals surface area (Å²) in [6.45, 7) is 0. The standard InChI is InChI=1S/C21H14FN3O5/c1-29-19-8-6-14(25(27)28)11-16(19)20-9-7-15(30-20)10-13(12-23)21(26)24-18-5-3-2-4-17(18)22/h2-11H,1H3,(H,24,26)/b13-10-. The van der Waals surface area contributed by atoms with Gasteiger partial charge in [0.05, 0.1) is 23.3 Å². The predicted molar refractivity (Wildman–Crippen MR) is 106 cm³/mol. The van der Waals surface area contributed by atoms with Crippen LogP contribution in [0.2, 0.25) is 0 Å². The molecule has 1 aromatic heterocycles. The quantitative estimate of drug-likeness (QED) is 0.277. The minimum atomic E-state index is -0.812. The normalized spacial score (nSPS) is 10.9. The zero-order chi connectivity index (χ0) is 21.7. The Bertz CT molecular complexity index is 1190. The summed E-state index contributed by atoms with van der Waals surface area (Å²) in [5.74, 6) is -0.703. The Morgan fingerprint density at radius 1 is 1.27 bits per heavy atom. The van der Waals surface area contributed by atoms with Gasteiger partial charge in [-0.05, 0) is 30.3 Å². The van der Waals surface area contributed by atoms with Crippen LogP contribution < -0.4 is 10.1 Å². The number of nitro groups is 1. The first kappa shape index (κ1) is 20.3. The molecule has 0 aliphatic heterocycles. The Labute approximate surface area is 170 Å². The minimum absolute atomic E-state index is 0.0647. The van der Waals surface area contributed by atoms with E-state index in [1.54, 1.807) is 12.1 Å². The molecule has 0 saturated heterocycles. The molecule has 2 aromatic carbocycles. The summed E-state index contributed by atoms with van der Waals surface area (Å²) < 4.78 is 24.5. The van der Waals surface area contributed by atoms with Gasteiger partial charge in [-0.2, -0.15) is 5.26 Å². The molecule has 9 heteroatoms. The number of rotatable bonds is 6. The van der Waals surface area contributed by atoms with Gasteiger partial charge >= 0.3 is 0 Å². The number of para-hydroxylation sites is 1. The summed E-state index contributed by atoms with van der Waals surface area (Å²) in [7, 11) is 1.41. The van der Waals surface area contributed by atoms with Gasteiger partial charge in [0.1, 0.15) is 34.7 Å². The average Bonchev–Trinajstić information content (AvgIpc) is 3.21. The molecule has 0 atom stereocenters. The third-order valence-electron chi connectivity index (χ3n) is 4.06. The number of methoxy groups -OCH3 is 1. The molecule has 8 nitrogen and oxygen atoms in total. The van der Waals surface area contributed by atoms with Crippen molar-refractivity contribution in [2.24, 2.45) is 0 Å². The molecule has 0 aliphatic carbocycles. The summed E-state index contributed by atoms with van der Waals surface area (Å²) in [5.41, 5.74) is -0.197. The van der Waals surface area contributed by atoms with Crippen molar-refractivity contribution < 1.29 is 23.3 Å². The van der Waals surface area contributed by atoms with Gasteiger partial charge in [0.2, 0.25) is 0 Å². The number of hydrogen-bond donors (Lipinski definition) is 1. The number of nitrogens with one attached hydrogen (secondary N) is 1. The number of halogens is 1. The lowest BCUT2D eigenvalue weighted by atomic mass is 10.1. The van der Waals surface area contributed by atoms with E-state index in [0.29, 0.717) is 11.3 Å². The molecule has 30 heavy (non-hydrogen) atoms. The van der Waals surface area contributed by atoms with Crippen molar-refractivity contribution in [3.8, 4) is 23.1 Å². The van der Waals surface area contributed by atoms with E-state index in [1.807, 2.05) is 0 Å². The second kappa shape index (κ2) is 8.70. The third kappa shape index (κ3) is 4.34. The molecule has 3 aromatic rings. The number of furan rings is 1. The van der Waals surface area contributed by atoms with Crippen LogP contribution in [0, 0.1) is 27.3 Å². The second-order valence-corrected chi connectivity index (χ2v) is 5.95. The molecule has 0 unspecified atom stereocenters. The summed E-state index contributed by atoms with van der Waals surface area (Å²) in [4.78, 5) is 22.8. The highest BCUT2D eigenvalue weighted by molar-refractivity contribution is 6.09. The molecule has 3 rings (SSSR count). The fraction of sp³-hybridized carbons (Fsp3) is 0.0476. The molecule has 150 valence electrons. The first-order valence-electron chi connectivity index (χ1n) is 8.53. The van der Waals surface area contributed by atoms with E-state index < -0.39 is 16.6 Å². The zero-order valence-corrected chi connectivity index (χ0v) is 15.6. The van der Waals surface area contributed by atoms with Crippen LogP contribution >= 0.6 is 0 Å². The summed E-state index contributed by atoms with van der Waals surface area (Å²) in [5, 5.41) is 22.7. The van der Waals surface area contributed by atoms with Crippen LogP contribution in [0.5, 0.6) is 5.75 Å². The maximum atomic E-state index is 13.7. The number of amides is 1. The summed E-state index contributed by atoms with van der Waals surface area (Å²) in [6.07, 6.45) is 1.18. The molecule has 0 radical (unpaired) electrons. The number of non-ortho nitro benzene ring substituents is 1. The fourth-order valence-electron chi connectivity index (χ4n) is 2.62. The number of carbonyl (C=O) groups is 1. The molecule has 0 saturated carbocycles. The monoisotopic (exact) mass is 407 g/mol. The van der Waals surface area contributed by atoms with E-state index in [9.17, 15) is 24.6 Å². The molecule has 1 N–H and O–H groups in total. The van der Waals surface area contributed by atoms with Gasteiger partial charge in [-0.1, -0.05) is 12.1 Å². The first-order valence-corrected chi connectivity index (χ1v) is 8.53. The third-order valence-corrected chi connectivity index (χ3v) is 4.06. The highest BCUT2D eigenvalue weighted by Crippen LogP contribution is 2.34. The van der Waals surface area contributed by atoms with Crippen LogP contribution in [0.3, 0.4) is 0 Å². The topological polar surface area (TPSA) is 118 Å². The number of carbonyl (C=O) groups excluding carboxylic acids is 1. The van der Waals surface area contributed by atoms with E-state index in [0.717, 1.165) is 0 Å². The average molecular weight is 407 g/mol. The van der Waals surface area contributed by atoms with Crippen LogP contribution in [-0.2, 0) is 4.79 Å². The maximum Gasteiger partial charge on any atom is 0.270 e. The summed E-state index contributed by atoms with van der Waals surface area (Å²) >= 11 is 0. The second-order valence-electron chi connectivity index (χ2n) is 5.95. The molecule has 1 heterocycles. The number of hydrogen-bond acceptors (Lipinski definition) is 6. The van der Waals surface area contributed by atoms with Crippen molar-refractivity contribution >= 4 is 23.4 Å². The Kier molecular flexibility index (Phi) is 5.89. The fourth-order valence-corrected chi connectivity index (χ4v) is 2.62. The number of benzene rings is 2. The van der Waals surface area contributed by atoms with Gasteiger partial charge in [-0.15, -0.1) is 0 Å². The molecular formula is C21H14FN3O5. The smallest absolute Gasteiger partial charge is 0.270 e. The van der Waals surface area contributed by atoms with Crippen LogP contribution in [0.1, 0.15) is 5.76 Å². The van der Waals surface area contributed by atoms with Crippen molar-refractivity contribution in [2.45, 2.75) is 0 Å². The van der Waals surface area contributed by atoms with Gasteiger partial charge < -0.3 is 14.5 Å². The SMILES string of the molecule is COc1ccc([N+](=O)[O-])cc1-c1ccc(/C=C(/C#N)C(=O)Nc2ccccc2F)o1. The lowest BCUT2D eigenvalue weighted by molar-refractivity contribution is -0.384. The molecular weight excluding hydrogens is 393 g/mol. The highest BCUT2D eigenvalue weighted by Gasteiger charge is 2.17. The Balaban J connectivity index is 1.90. The molecule has 0 aliphatic rings. The summed E-state index contributed by atoms with van der Waals surface area (Å²) in [6, 6.07) is 14.3. The number of ether oxygens (including phenoxy) is 1. The molecule has 1 amide bonds. The predicted octanol–water partition coefficient (Wildman–Crippen LogP) is 4.55. The van der Waals surface area contributed by atoms with Crippen LogP contribution in [0.15, 0.2) is 64.6 Å². The van der Waals surface area contributed by atoms with Crippen LogP contribution in [0.4, 0.5) is 15.8 Å². The first-order chi connectivity index (χ1) is 14.4. The van der Waals surface area contributed by atoms with Gasteiger partial charge in [0, 0.05) is 18.2 Å². The van der Waals surface area contributed by atoms with Gasteiger partial charge in [-0.3, -0.25) is 14.9 Å². The number of nitro benzene ring substituents is 1. The van der Waals surface area contributed by atoms with E-state index >= 15 is 0 Å². The van der Waals surface area contributed by atoms with E-state index in [2.05, 4.69) is 5.32 Å². The Morgan fingerprint density at radius 2 is 2.03 bits per heavy atom. The Morgan fingerprint density at radius 3 is 2.70 bits per heavy atom. The number of nitriles is 1. The van der Waals surface area contributed by atoms with Gasteiger partial charge in [0.25, 0.3) is 11.6 Å². The van der Waals surface area contributed by atoms with E-state index in [1.165, 1.54) is 61.7 Å². The van der Waals surface area contributed by atoms with Crippen molar-refractivity contribution in [3.63, 3.8) is 0 Å². The van der Waals surface area contributed by atoms with Crippen molar-refractivity contribution in [2.75, 3.05) is 12.4 Å². The minimum Gasteiger partial charge on any atom is -0.496 e. The molecule has 0 bridgehead atoms. The van der Waals surface area contributed by atoms with E-state index in [4.69, 9.17) is 9.15 Å². The van der Waals surface area contributed by atoms with Crippen molar-refractivity contribution in [1.82, 2.24) is 0 Å². The van der Waals surface area contributed by atoms with Crippen LogP contribution in [0.25, 0.3) is 17.4 Å². The lowest BCUT2D eigenvalue weighted by Gasteiger charge is -2.06. The molecule has 0 spiro atoms. The maximum absolute atomic E-state index is 13.7. The number of anilines is 1. The number of nitrogens with zero attached hydrogens (tertiary/aromatic N) is 2. The molecule has 0 fully saturated rings. The highest BCUT2D eigenvalue weighted by atomic mass is 19.1.